The van der Waals surface area contributed by atoms with Gasteiger partial charge in [-0.2, -0.15) is 0 Å². The normalized spacial score (nSPS) is 10.4. The minimum atomic E-state index is -0.271. The topological polar surface area (TPSA) is 68.3 Å². The van der Waals surface area contributed by atoms with Gasteiger partial charge in [-0.25, -0.2) is 0 Å². The zero-order valence-corrected chi connectivity index (χ0v) is 13.9. The molecule has 1 heterocycles. The van der Waals surface area contributed by atoms with Gasteiger partial charge in [0, 0.05) is 23.6 Å². The largest absolute Gasteiger partial charge is 0.484 e. The molecule has 0 aliphatic rings. The molecule has 0 spiro atoms. The monoisotopic (exact) mass is 334 g/mol. The van der Waals surface area contributed by atoms with Gasteiger partial charge in [-0.05, 0) is 36.4 Å². The van der Waals surface area contributed by atoms with Gasteiger partial charge in [-0.15, -0.1) is 0 Å². The first kappa shape index (κ1) is 16.6. The molecule has 0 aliphatic carbocycles. The van der Waals surface area contributed by atoms with Crippen LogP contribution in [-0.2, 0) is 4.79 Å². The summed E-state index contributed by atoms with van der Waals surface area (Å²) in [7, 11) is 0. The first-order valence-corrected chi connectivity index (χ1v) is 8.07. The summed E-state index contributed by atoms with van der Waals surface area (Å²) in [5, 5.41) is 3.77. The van der Waals surface area contributed by atoms with Crippen LogP contribution in [0.15, 0.2) is 60.8 Å². The molecule has 3 aromatic rings. The molecule has 25 heavy (non-hydrogen) atoms. The van der Waals surface area contributed by atoms with Gasteiger partial charge in [0.15, 0.2) is 12.4 Å². The van der Waals surface area contributed by atoms with Crippen molar-refractivity contribution in [2.24, 2.45) is 0 Å². The summed E-state index contributed by atoms with van der Waals surface area (Å²) in [5.74, 6) is 0.346. The van der Waals surface area contributed by atoms with Crippen LogP contribution in [-0.4, -0.2) is 23.3 Å². The van der Waals surface area contributed by atoms with Crippen molar-refractivity contribution in [3.63, 3.8) is 0 Å². The van der Waals surface area contributed by atoms with E-state index in [-0.39, 0.29) is 18.3 Å². The standard InChI is InChI=1S/C20H18N2O3/c1-2-18(23)14-8-10-16(11-9-14)25-13-19(24)22-17-7-3-5-15-6-4-12-21-20(15)17/h3-12H,2,13H2,1H3,(H,22,24). The molecular weight excluding hydrogens is 316 g/mol. The van der Waals surface area contributed by atoms with Gasteiger partial charge in [0.2, 0.25) is 0 Å². The molecule has 1 amide bonds. The molecule has 0 saturated carbocycles. The predicted molar refractivity (Wildman–Crippen MR) is 96.9 cm³/mol. The minimum Gasteiger partial charge on any atom is -0.484 e. The number of anilines is 1. The Morgan fingerprint density at radius 3 is 2.56 bits per heavy atom. The predicted octanol–water partition coefficient (Wildman–Crippen LogP) is 3.85. The summed E-state index contributed by atoms with van der Waals surface area (Å²) in [4.78, 5) is 28.0. The fourth-order valence-corrected chi connectivity index (χ4v) is 2.48. The number of benzene rings is 2. The van der Waals surface area contributed by atoms with Gasteiger partial charge < -0.3 is 10.1 Å². The van der Waals surface area contributed by atoms with Gasteiger partial charge in [0.05, 0.1) is 11.2 Å². The Balaban J connectivity index is 1.62. The maximum atomic E-state index is 12.1. The van der Waals surface area contributed by atoms with Crippen LogP contribution < -0.4 is 10.1 Å². The van der Waals surface area contributed by atoms with Gasteiger partial charge in [-0.1, -0.05) is 25.1 Å². The summed E-state index contributed by atoms with van der Waals surface area (Å²) < 4.78 is 5.48. The lowest BCUT2D eigenvalue weighted by atomic mass is 10.1. The third kappa shape index (κ3) is 4.01. The second kappa shape index (κ2) is 7.57. The Morgan fingerprint density at radius 2 is 1.80 bits per heavy atom. The average Bonchev–Trinajstić information content (AvgIpc) is 2.66. The van der Waals surface area contributed by atoms with Crippen LogP contribution in [0.2, 0.25) is 0 Å². The number of nitrogens with one attached hydrogen (secondary N) is 1. The van der Waals surface area contributed by atoms with Crippen molar-refractivity contribution in [1.82, 2.24) is 4.98 Å². The van der Waals surface area contributed by atoms with E-state index in [2.05, 4.69) is 10.3 Å². The second-order valence-corrected chi connectivity index (χ2v) is 5.52. The van der Waals surface area contributed by atoms with Crippen molar-refractivity contribution >= 4 is 28.3 Å². The Morgan fingerprint density at radius 1 is 1.04 bits per heavy atom. The number of aromatic nitrogens is 1. The number of pyridine rings is 1. The molecule has 5 heteroatoms. The zero-order valence-electron chi connectivity index (χ0n) is 13.9. The van der Waals surface area contributed by atoms with Crippen molar-refractivity contribution < 1.29 is 14.3 Å². The number of carbonyl (C=O) groups excluding carboxylic acids is 2. The molecule has 0 fully saturated rings. The molecule has 0 bridgehead atoms. The first-order valence-electron chi connectivity index (χ1n) is 8.07. The highest BCUT2D eigenvalue weighted by atomic mass is 16.5. The molecule has 0 atom stereocenters. The minimum absolute atomic E-state index is 0.0766. The molecule has 1 N–H and O–H groups in total. The number of fused-ring (bicyclic) bond motifs is 1. The van der Waals surface area contributed by atoms with E-state index in [9.17, 15) is 9.59 Å². The zero-order chi connectivity index (χ0) is 17.6. The Bertz CT molecular complexity index is 899. The van der Waals surface area contributed by atoms with Gasteiger partial charge >= 0.3 is 0 Å². The van der Waals surface area contributed by atoms with Crippen LogP contribution in [0.25, 0.3) is 10.9 Å². The number of carbonyl (C=O) groups is 2. The van der Waals surface area contributed by atoms with E-state index < -0.39 is 0 Å². The highest BCUT2D eigenvalue weighted by Crippen LogP contribution is 2.20. The Kier molecular flexibility index (Phi) is 5.04. The smallest absolute Gasteiger partial charge is 0.262 e. The van der Waals surface area contributed by atoms with Gasteiger partial charge in [0.25, 0.3) is 5.91 Å². The molecule has 5 nitrogen and oxygen atoms in total. The maximum Gasteiger partial charge on any atom is 0.262 e. The Hall–Kier alpha value is -3.21. The lowest BCUT2D eigenvalue weighted by Gasteiger charge is -2.09. The number of Topliss-reactive ketones (excluding diaryl/α,β-unsaturated/α-hetero) is 1. The number of hydrogen-bond donors (Lipinski definition) is 1. The van der Waals surface area contributed by atoms with E-state index in [1.807, 2.05) is 31.2 Å². The third-order valence-electron chi connectivity index (χ3n) is 3.77. The lowest BCUT2D eigenvalue weighted by Crippen LogP contribution is -2.20. The molecule has 126 valence electrons. The molecule has 1 aromatic heterocycles. The summed E-state index contributed by atoms with van der Waals surface area (Å²) in [6, 6.07) is 16.2. The molecule has 0 aliphatic heterocycles. The third-order valence-corrected chi connectivity index (χ3v) is 3.77. The molecular formula is C20H18N2O3. The second-order valence-electron chi connectivity index (χ2n) is 5.52. The summed E-state index contributed by atoms with van der Waals surface area (Å²) in [5.41, 5.74) is 2.03. The van der Waals surface area contributed by atoms with Gasteiger partial charge in [-0.3, -0.25) is 14.6 Å². The fraction of sp³-hybridized carbons (Fsp3) is 0.150. The van der Waals surface area contributed by atoms with E-state index >= 15 is 0 Å². The van der Waals surface area contributed by atoms with E-state index in [0.717, 1.165) is 10.9 Å². The molecule has 3 rings (SSSR count). The van der Waals surface area contributed by atoms with E-state index in [1.54, 1.807) is 36.5 Å². The molecule has 0 unspecified atom stereocenters. The summed E-state index contributed by atoms with van der Waals surface area (Å²) >= 11 is 0. The summed E-state index contributed by atoms with van der Waals surface area (Å²) in [6.45, 7) is 1.70. The van der Waals surface area contributed by atoms with Crippen LogP contribution in [0.3, 0.4) is 0 Å². The SMILES string of the molecule is CCC(=O)c1ccc(OCC(=O)Nc2cccc3cccnc23)cc1. The molecule has 2 aromatic carbocycles. The van der Waals surface area contributed by atoms with Crippen molar-refractivity contribution in [3.8, 4) is 5.75 Å². The average molecular weight is 334 g/mol. The van der Waals surface area contributed by atoms with Gasteiger partial charge in [0.1, 0.15) is 5.75 Å². The van der Waals surface area contributed by atoms with Crippen molar-refractivity contribution in [2.45, 2.75) is 13.3 Å². The molecule has 0 radical (unpaired) electrons. The fourth-order valence-electron chi connectivity index (χ4n) is 2.48. The number of ketones is 1. The number of amides is 1. The lowest BCUT2D eigenvalue weighted by molar-refractivity contribution is -0.118. The Labute approximate surface area is 145 Å². The van der Waals surface area contributed by atoms with Crippen molar-refractivity contribution in [3.05, 3.63) is 66.4 Å². The van der Waals surface area contributed by atoms with Crippen LogP contribution in [0.5, 0.6) is 5.75 Å². The first-order chi connectivity index (χ1) is 12.2. The van der Waals surface area contributed by atoms with Crippen LogP contribution in [0, 0.1) is 0 Å². The quantitative estimate of drug-likeness (QED) is 0.695. The van der Waals surface area contributed by atoms with Crippen LogP contribution >= 0.6 is 0 Å². The number of rotatable bonds is 6. The van der Waals surface area contributed by atoms with Crippen molar-refractivity contribution in [1.29, 1.82) is 0 Å². The number of ether oxygens (including phenoxy) is 1. The van der Waals surface area contributed by atoms with Crippen molar-refractivity contribution in [2.75, 3.05) is 11.9 Å². The number of para-hydroxylation sites is 1. The van der Waals surface area contributed by atoms with E-state index in [4.69, 9.17) is 4.74 Å². The number of nitrogens with zero attached hydrogens (tertiary/aromatic N) is 1. The van der Waals surface area contributed by atoms with Crippen LogP contribution in [0.1, 0.15) is 23.7 Å². The number of hydrogen-bond acceptors (Lipinski definition) is 4. The molecule has 0 saturated heterocycles. The highest BCUT2D eigenvalue weighted by molar-refractivity contribution is 6.00. The van der Waals surface area contributed by atoms with Crippen LogP contribution in [0.4, 0.5) is 5.69 Å². The van der Waals surface area contributed by atoms with E-state index in [0.29, 0.717) is 23.4 Å². The van der Waals surface area contributed by atoms with E-state index in [1.165, 1.54) is 0 Å². The maximum absolute atomic E-state index is 12.1. The summed E-state index contributed by atoms with van der Waals surface area (Å²) in [6.07, 6.45) is 2.15. The highest BCUT2D eigenvalue weighted by Gasteiger charge is 2.08.